The van der Waals surface area contributed by atoms with Crippen molar-refractivity contribution in [2.45, 2.75) is 37.0 Å². The van der Waals surface area contributed by atoms with Gasteiger partial charge in [-0.1, -0.05) is 19.9 Å². The maximum atomic E-state index is 11.7. The summed E-state index contributed by atoms with van der Waals surface area (Å²) in [6, 6.07) is 6.44. The van der Waals surface area contributed by atoms with Crippen LogP contribution in [0.1, 0.15) is 32.3 Å². The SMILES string of the molecule is COc1ccc(C(C#N)(CCC(=O)O)C(C)C)cc1S(N)(=O)=O. The minimum Gasteiger partial charge on any atom is -0.495 e. The van der Waals surface area contributed by atoms with Crippen molar-refractivity contribution in [3.05, 3.63) is 23.8 Å². The van der Waals surface area contributed by atoms with Crippen molar-refractivity contribution < 1.29 is 23.1 Å². The van der Waals surface area contributed by atoms with E-state index < -0.39 is 21.4 Å². The van der Waals surface area contributed by atoms with Crippen molar-refractivity contribution in [2.75, 3.05) is 7.11 Å². The Kier molecular flexibility index (Phi) is 5.75. The van der Waals surface area contributed by atoms with Crippen molar-refractivity contribution in [1.29, 1.82) is 5.26 Å². The second-order valence-electron chi connectivity index (χ2n) is 5.54. The minimum absolute atomic E-state index is 0.0624. The first-order chi connectivity index (χ1) is 10.6. The molecule has 0 aliphatic carbocycles. The fourth-order valence-corrected chi connectivity index (χ4v) is 3.22. The van der Waals surface area contributed by atoms with Crippen molar-refractivity contribution in [3.63, 3.8) is 0 Å². The molecule has 1 unspecified atom stereocenters. The fourth-order valence-electron chi connectivity index (χ4n) is 2.50. The van der Waals surface area contributed by atoms with Gasteiger partial charge in [-0.05, 0) is 30.0 Å². The highest BCUT2D eigenvalue weighted by atomic mass is 32.2. The first-order valence-corrected chi connectivity index (χ1v) is 8.47. The standard InChI is InChI=1S/C15H20N2O5S/c1-10(2)15(9-16,7-6-14(18)19)11-4-5-12(22-3)13(8-11)23(17,20)21/h4-5,8,10H,6-7H2,1-3H3,(H,18,19)(H2,17,20,21). The van der Waals surface area contributed by atoms with E-state index in [9.17, 15) is 18.5 Å². The molecule has 0 saturated carbocycles. The topological polar surface area (TPSA) is 130 Å². The predicted octanol–water partition coefficient (Wildman–Crippen LogP) is 1.62. The molecule has 0 bridgehead atoms. The van der Waals surface area contributed by atoms with E-state index in [0.29, 0.717) is 5.56 Å². The maximum absolute atomic E-state index is 11.7. The molecule has 3 N–H and O–H groups in total. The Hall–Kier alpha value is -2.11. The van der Waals surface area contributed by atoms with E-state index in [4.69, 9.17) is 15.0 Å². The van der Waals surface area contributed by atoms with Crippen molar-refractivity contribution in [2.24, 2.45) is 11.1 Å². The van der Waals surface area contributed by atoms with Crippen LogP contribution in [-0.4, -0.2) is 26.6 Å². The second kappa shape index (κ2) is 6.98. The Balaban J connectivity index is 3.55. The van der Waals surface area contributed by atoms with Gasteiger partial charge < -0.3 is 9.84 Å². The molecular formula is C15H20N2O5S. The van der Waals surface area contributed by atoms with Crippen molar-refractivity contribution in [3.8, 4) is 11.8 Å². The van der Waals surface area contributed by atoms with Crippen LogP contribution in [0, 0.1) is 17.2 Å². The van der Waals surface area contributed by atoms with Crippen LogP contribution in [0.5, 0.6) is 5.75 Å². The van der Waals surface area contributed by atoms with E-state index in [1.807, 2.05) is 0 Å². The van der Waals surface area contributed by atoms with Crippen LogP contribution >= 0.6 is 0 Å². The summed E-state index contributed by atoms with van der Waals surface area (Å²) in [5.41, 5.74) is -0.731. The number of sulfonamides is 1. The third-order valence-electron chi connectivity index (χ3n) is 3.90. The second-order valence-corrected chi connectivity index (χ2v) is 7.07. The Morgan fingerprint density at radius 2 is 2.09 bits per heavy atom. The number of hydrogen-bond donors (Lipinski definition) is 2. The fraction of sp³-hybridized carbons (Fsp3) is 0.467. The number of primary sulfonamides is 1. The van der Waals surface area contributed by atoms with Crippen LogP contribution in [0.15, 0.2) is 23.1 Å². The lowest BCUT2D eigenvalue weighted by Gasteiger charge is -2.31. The van der Waals surface area contributed by atoms with Gasteiger partial charge in [-0.3, -0.25) is 4.79 Å². The van der Waals surface area contributed by atoms with Gasteiger partial charge in [-0.25, -0.2) is 13.6 Å². The highest BCUT2D eigenvalue weighted by Gasteiger charge is 2.37. The smallest absolute Gasteiger partial charge is 0.303 e. The highest BCUT2D eigenvalue weighted by molar-refractivity contribution is 7.89. The quantitative estimate of drug-likeness (QED) is 0.775. The van der Waals surface area contributed by atoms with Crippen LogP contribution in [0.3, 0.4) is 0 Å². The van der Waals surface area contributed by atoms with Crippen LogP contribution in [-0.2, 0) is 20.2 Å². The number of benzene rings is 1. The molecule has 0 spiro atoms. The van der Waals surface area contributed by atoms with Gasteiger partial charge in [0.2, 0.25) is 10.0 Å². The molecule has 0 radical (unpaired) electrons. The molecule has 23 heavy (non-hydrogen) atoms. The number of nitriles is 1. The van der Waals surface area contributed by atoms with E-state index in [1.165, 1.54) is 19.2 Å². The maximum Gasteiger partial charge on any atom is 0.303 e. The number of carboxylic acid groups (broad SMARTS) is 1. The molecule has 0 fully saturated rings. The number of aliphatic carboxylic acids is 1. The van der Waals surface area contributed by atoms with E-state index in [-0.39, 0.29) is 29.4 Å². The highest BCUT2D eigenvalue weighted by Crippen LogP contribution is 2.39. The zero-order chi connectivity index (χ0) is 17.8. The number of carbonyl (C=O) groups is 1. The lowest BCUT2D eigenvalue weighted by Crippen LogP contribution is -2.32. The average molecular weight is 340 g/mol. The molecule has 8 heteroatoms. The van der Waals surface area contributed by atoms with Gasteiger partial charge in [0, 0.05) is 6.42 Å². The normalized spacial score (nSPS) is 14.1. The molecule has 126 valence electrons. The predicted molar refractivity (Wildman–Crippen MR) is 83.4 cm³/mol. The number of ether oxygens (including phenoxy) is 1. The Labute approximate surface area is 135 Å². The van der Waals surface area contributed by atoms with Gasteiger partial charge in [0.1, 0.15) is 10.6 Å². The molecule has 0 heterocycles. The number of nitrogens with two attached hydrogens (primary N) is 1. The van der Waals surface area contributed by atoms with E-state index in [0.717, 1.165) is 0 Å². The van der Waals surface area contributed by atoms with Crippen LogP contribution in [0.2, 0.25) is 0 Å². The summed E-state index contributed by atoms with van der Waals surface area (Å²) in [5, 5.41) is 23.8. The van der Waals surface area contributed by atoms with E-state index >= 15 is 0 Å². The van der Waals surface area contributed by atoms with Gasteiger partial charge in [0.25, 0.3) is 0 Å². The Morgan fingerprint density at radius 1 is 1.48 bits per heavy atom. The van der Waals surface area contributed by atoms with Crippen LogP contribution < -0.4 is 9.88 Å². The number of carboxylic acids is 1. The molecule has 1 aromatic rings. The van der Waals surface area contributed by atoms with Crippen LogP contribution in [0.4, 0.5) is 0 Å². The molecule has 0 aliphatic rings. The third kappa shape index (κ3) is 4.00. The molecule has 1 atom stereocenters. The zero-order valence-corrected chi connectivity index (χ0v) is 14.1. The molecular weight excluding hydrogens is 320 g/mol. The van der Waals surface area contributed by atoms with Gasteiger partial charge in [0.05, 0.1) is 18.6 Å². The number of methoxy groups -OCH3 is 1. The lowest BCUT2D eigenvalue weighted by atomic mass is 9.70. The lowest BCUT2D eigenvalue weighted by molar-refractivity contribution is -0.137. The van der Waals surface area contributed by atoms with Crippen molar-refractivity contribution >= 4 is 16.0 Å². The number of rotatable bonds is 7. The van der Waals surface area contributed by atoms with Gasteiger partial charge in [0.15, 0.2) is 0 Å². The third-order valence-corrected chi connectivity index (χ3v) is 4.84. The summed E-state index contributed by atoms with van der Waals surface area (Å²) in [6.07, 6.45) is -0.143. The van der Waals surface area contributed by atoms with Gasteiger partial charge in [-0.15, -0.1) is 0 Å². The van der Waals surface area contributed by atoms with Gasteiger partial charge >= 0.3 is 5.97 Å². The Bertz CT molecular complexity index is 737. The number of hydrogen-bond acceptors (Lipinski definition) is 5. The summed E-state index contributed by atoms with van der Waals surface area (Å²) >= 11 is 0. The molecule has 7 nitrogen and oxygen atoms in total. The minimum atomic E-state index is -4.04. The molecule has 1 rings (SSSR count). The summed E-state index contributed by atoms with van der Waals surface area (Å²) in [7, 11) is -2.73. The Morgan fingerprint density at radius 3 is 2.48 bits per heavy atom. The summed E-state index contributed by atoms with van der Waals surface area (Å²) in [6.45, 7) is 3.57. The van der Waals surface area contributed by atoms with E-state index in [2.05, 4.69) is 6.07 Å². The van der Waals surface area contributed by atoms with Gasteiger partial charge in [-0.2, -0.15) is 5.26 Å². The first kappa shape index (κ1) is 18.9. The molecule has 1 aromatic carbocycles. The molecule has 0 saturated heterocycles. The zero-order valence-electron chi connectivity index (χ0n) is 13.2. The first-order valence-electron chi connectivity index (χ1n) is 6.93. The average Bonchev–Trinajstić information content (AvgIpc) is 2.46. The summed E-state index contributed by atoms with van der Waals surface area (Å²) < 4.78 is 28.5. The molecule has 0 amide bonds. The summed E-state index contributed by atoms with van der Waals surface area (Å²) in [5.74, 6) is -1.18. The molecule has 0 aromatic heterocycles. The monoisotopic (exact) mass is 340 g/mol. The largest absolute Gasteiger partial charge is 0.495 e. The van der Waals surface area contributed by atoms with Crippen molar-refractivity contribution in [1.82, 2.24) is 0 Å². The summed E-state index contributed by atoms with van der Waals surface area (Å²) in [4.78, 5) is 10.7. The van der Waals surface area contributed by atoms with E-state index in [1.54, 1.807) is 19.9 Å². The molecule has 0 aliphatic heterocycles. The number of nitrogens with zero attached hydrogens (tertiary/aromatic N) is 1. The van der Waals surface area contributed by atoms with Crippen LogP contribution in [0.25, 0.3) is 0 Å².